The van der Waals surface area contributed by atoms with Crippen LogP contribution in [-0.4, -0.2) is 59.6 Å². The molecule has 0 radical (unpaired) electrons. The number of nitrogens with zero attached hydrogens (tertiary/aromatic N) is 1. The molecule has 0 aromatic heterocycles. The Morgan fingerprint density at radius 2 is 1.97 bits per heavy atom. The van der Waals surface area contributed by atoms with Crippen LogP contribution in [0.4, 0.5) is 0 Å². The highest BCUT2D eigenvalue weighted by Gasteiger charge is 2.31. The Balaban J connectivity index is 2.02. The maximum absolute atomic E-state index is 13.2. The zero-order valence-corrected chi connectivity index (χ0v) is 20.0. The van der Waals surface area contributed by atoms with Crippen LogP contribution in [0.5, 0.6) is 0 Å². The molecule has 186 valence electrons. The largest absolute Gasteiger partial charge is 0.463 e. The Morgan fingerprint density at radius 1 is 1.21 bits per heavy atom. The molecule has 2 N–H and O–H groups in total. The predicted octanol–water partition coefficient (Wildman–Crippen LogP) is 3.18. The normalized spacial score (nSPS) is 17.0. The SMILES string of the molecule is C=CCCCC(=O)OC[C@H](Cc1ccccc1)NC(=O)[C@H](CC=C)CC(=O)N1CCC[C@H]1CO. The number of nitrogens with one attached hydrogen (secondary N) is 1. The van der Waals surface area contributed by atoms with E-state index in [0.717, 1.165) is 24.8 Å². The predicted molar refractivity (Wildman–Crippen MR) is 132 cm³/mol. The maximum atomic E-state index is 13.2. The molecular formula is C27H38N2O5. The lowest BCUT2D eigenvalue weighted by Crippen LogP contribution is -2.45. The average Bonchev–Trinajstić information content (AvgIpc) is 3.32. The molecule has 0 unspecified atom stereocenters. The summed E-state index contributed by atoms with van der Waals surface area (Å²) in [6.07, 6.45) is 7.65. The van der Waals surface area contributed by atoms with E-state index in [9.17, 15) is 19.5 Å². The Hall–Kier alpha value is -2.93. The average molecular weight is 471 g/mol. The molecule has 0 aliphatic carbocycles. The van der Waals surface area contributed by atoms with Crippen molar-refractivity contribution in [3.63, 3.8) is 0 Å². The van der Waals surface area contributed by atoms with Crippen molar-refractivity contribution in [1.29, 1.82) is 0 Å². The van der Waals surface area contributed by atoms with Gasteiger partial charge in [0.1, 0.15) is 6.61 Å². The van der Waals surface area contributed by atoms with Crippen LogP contribution in [0.1, 0.15) is 50.5 Å². The molecule has 0 spiro atoms. The molecule has 1 aliphatic rings. The first-order chi connectivity index (χ1) is 16.5. The van der Waals surface area contributed by atoms with Gasteiger partial charge in [0.2, 0.25) is 11.8 Å². The van der Waals surface area contributed by atoms with Crippen LogP contribution in [0, 0.1) is 5.92 Å². The third-order valence-corrected chi connectivity index (χ3v) is 6.06. The molecule has 0 saturated carbocycles. The number of esters is 1. The smallest absolute Gasteiger partial charge is 0.305 e. The van der Waals surface area contributed by atoms with Crippen LogP contribution >= 0.6 is 0 Å². The van der Waals surface area contributed by atoms with E-state index >= 15 is 0 Å². The van der Waals surface area contributed by atoms with Gasteiger partial charge in [-0.15, -0.1) is 13.2 Å². The van der Waals surface area contributed by atoms with Gasteiger partial charge in [-0.05, 0) is 44.1 Å². The summed E-state index contributed by atoms with van der Waals surface area (Å²) in [4.78, 5) is 39.8. The summed E-state index contributed by atoms with van der Waals surface area (Å²) >= 11 is 0. The van der Waals surface area contributed by atoms with E-state index in [4.69, 9.17) is 4.74 Å². The zero-order chi connectivity index (χ0) is 24.8. The number of amides is 2. The molecule has 1 aromatic rings. The van der Waals surface area contributed by atoms with Gasteiger partial charge in [0, 0.05) is 19.4 Å². The summed E-state index contributed by atoms with van der Waals surface area (Å²) in [5.41, 5.74) is 1.01. The standard InChI is InChI=1S/C27H38N2O5/c1-3-5-7-15-26(32)34-20-23(17-21-12-8-6-9-13-21)28-27(33)22(11-4-2)18-25(31)29-16-10-14-24(29)19-30/h3-4,6,8-9,12-13,22-24,30H,1-2,5,7,10-11,14-20H2,(H,28,33)/t22-,23+,24+/m1/s1. The minimum Gasteiger partial charge on any atom is -0.463 e. The lowest BCUT2D eigenvalue weighted by molar-refractivity contribution is -0.145. The molecule has 1 heterocycles. The Bertz CT molecular complexity index is 810. The molecule has 0 bridgehead atoms. The number of carbonyl (C=O) groups is 3. The zero-order valence-electron chi connectivity index (χ0n) is 20.0. The number of allylic oxidation sites excluding steroid dienone is 2. The van der Waals surface area contributed by atoms with E-state index in [1.54, 1.807) is 17.1 Å². The lowest BCUT2D eigenvalue weighted by atomic mass is 9.98. The Labute approximate surface area is 202 Å². The lowest BCUT2D eigenvalue weighted by Gasteiger charge is -2.26. The molecule has 7 heteroatoms. The molecule has 2 rings (SSSR count). The van der Waals surface area contributed by atoms with Crippen molar-refractivity contribution in [2.24, 2.45) is 5.92 Å². The first-order valence-corrected chi connectivity index (χ1v) is 12.1. The minimum atomic E-state index is -0.577. The topological polar surface area (TPSA) is 95.9 Å². The van der Waals surface area contributed by atoms with Crippen molar-refractivity contribution < 1.29 is 24.2 Å². The molecule has 34 heavy (non-hydrogen) atoms. The number of carbonyl (C=O) groups excluding carboxylic acids is 3. The molecule has 1 saturated heterocycles. The number of hydrogen-bond donors (Lipinski definition) is 2. The van der Waals surface area contributed by atoms with E-state index < -0.39 is 12.0 Å². The van der Waals surface area contributed by atoms with Gasteiger partial charge in [0.05, 0.1) is 24.6 Å². The third-order valence-electron chi connectivity index (χ3n) is 6.06. The summed E-state index contributed by atoms with van der Waals surface area (Å²) < 4.78 is 5.44. The van der Waals surface area contributed by atoms with Gasteiger partial charge in [-0.3, -0.25) is 14.4 Å². The third kappa shape index (κ3) is 9.14. The second kappa shape index (κ2) is 15.1. The first-order valence-electron chi connectivity index (χ1n) is 12.1. The van der Waals surface area contributed by atoms with Crippen LogP contribution < -0.4 is 5.32 Å². The summed E-state index contributed by atoms with van der Waals surface area (Å²) in [7, 11) is 0. The van der Waals surface area contributed by atoms with Crippen LogP contribution in [0.3, 0.4) is 0 Å². The van der Waals surface area contributed by atoms with E-state index in [0.29, 0.717) is 32.2 Å². The fourth-order valence-electron chi connectivity index (χ4n) is 4.19. The summed E-state index contributed by atoms with van der Waals surface area (Å²) in [5.74, 6) is -1.29. The number of ether oxygens (including phenoxy) is 1. The van der Waals surface area contributed by atoms with Gasteiger partial charge in [-0.1, -0.05) is 42.5 Å². The maximum Gasteiger partial charge on any atom is 0.305 e. The number of rotatable bonds is 15. The van der Waals surface area contributed by atoms with Gasteiger partial charge >= 0.3 is 5.97 Å². The highest BCUT2D eigenvalue weighted by molar-refractivity contribution is 5.86. The van der Waals surface area contributed by atoms with Crippen LogP contribution in [-0.2, 0) is 25.5 Å². The quantitative estimate of drug-likeness (QED) is 0.233. The van der Waals surface area contributed by atoms with E-state index in [-0.39, 0.29) is 43.5 Å². The monoisotopic (exact) mass is 470 g/mol. The second-order valence-corrected chi connectivity index (χ2v) is 8.75. The molecule has 7 nitrogen and oxygen atoms in total. The number of hydrogen-bond acceptors (Lipinski definition) is 5. The molecule has 1 aromatic carbocycles. The van der Waals surface area contributed by atoms with E-state index in [1.165, 1.54) is 0 Å². The molecule has 2 amide bonds. The van der Waals surface area contributed by atoms with Gasteiger partial charge in [0.25, 0.3) is 0 Å². The number of aliphatic hydroxyl groups is 1. The first kappa shape index (κ1) is 27.3. The van der Waals surface area contributed by atoms with Crippen molar-refractivity contribution >= 4 is 17.8 Å². The van der Waals surface area contributed by atoms with Crippen molar-refractivity contribution in [3.05, 3.63) is 61.2 Å². The molecule has 1 fully saturated rings. The fourth-order valence-corrected chi connectivity index (χ4v) is 4.19. The van der Waals surface area contributed by atoms with Crippen molar-refractivity contribution in [1.82, 2.24) is 10.2 Å². The van der Waals surface area contributed by atoms with Gasteiger partial charge in [-0.25, -0.2) is 0 Å². The Kier molecular flexibility index (Phi) is 12.1. The van der Waals surface area contributed by atoms with E-state index in [2.05, 4.69) is 18.5 Å². The highest BCUT2D eigenvalue weighted by atomic mass is 16.5. The molecule has 1 aliphatic heterocycles. The summed E-state index contributed by atoms with van der Waals surface area (Å²) in [6, 6.07) is 9.07. The molecular weight excluding hydrogens is 432 g/mol. The van der Waals surface area contributed by atoms with Crippen molar-refractivity contribution in [3.8, 4) is 0 Å². The second-order valence-electron chi connectivity index (χ2n) is 8.75. The van der Waals surface area contributed by atoms with Crippen molar-refractivity contribution in [2.45, 2.75) is 63.5 Å². The number of aliphatic hydroxyl groups excluding tert-OH is 1. The van der Waals surface area contributed by atoms with E-state index in [1.807, 2.05) is 30.3 Å². The number of benzene rings is 1. The van der Waals surface area contributed by atoms with Crippen molar-refractivity contribution in [2.75, 3.05) is 19.8 Å². The Morgan fingerprint density at radius 3 is 2.65 bits per heavy atom. The minimum absolute atomic E-state index is 0.0494. The van der Waals surface area contributed by atoms with Crippen LogP contribution in [0.25, 0.3) is 0 Å². The highest BCUT2D eigenvalue weighted by Crippen LogP contribution is 2.21. The summed E-state index contributed by atoms with van der Waals surface area (Å²) in [5, 5.41) is 12.5. The fraction of sp³-hybridized carbons (Fsp3) is 0.519. The molecule has 3 atom stereocenters. The van der Waals surface area contributed by atoms with Gasteiger partial charge < -0.3 is 20.1 Å². The summed E-state index contributed by atoms with van der Waals surface area (Å²) in [6.45, 7) is 7.98. The number of likely N-dealkylation sites (tertiary alicyclic amines) is 1. The van der Waals surface area contributed by atoms with Gasteiger partial charge in [-0.2, -0.15) is 0 Å². The number of unbranched alkanes of at least 4 members (excludes halogenated alkanes) is 1. The van der Waals surface area contributed by atoms with Crippen LogP contribution in [0.15, 0.2) is 55.6 Å². The van der Waals surface area contributed by atoms with Crippen LogP contribution in [0.2, 0.25) is 0 Å². The van der Waals surface area contributed by atoms with Gasteiger partial charge in [0.15, 0.2) is 0 Å².